The number of carbonyl (C=O) groups is 1. The number of carbonyl (C=O) groups excluding carboxylic acids is 1. The monoisotopic (exact) mass is 546 g/mol. The number of nitrogens with one attached hydrogen (secondary N) is 2. The van der Waals surface area contributed by atoms with Gasteiger partial charge in [-0.25, -0.2) is 4.39 Å². The van der Waals surface area contributed by atoms with E-state index in [0.29, 0.717) is 6.42 Å². The Kier molecular flexibility index (Phi) is 10.8. The van der Waals surface area contributed by atoms with E-state index in [1.807, 2.05) is 24.0 Å². The molecule has 2 heterocycles. The number of halogens is 2. The van der Waals surface area contributed by atoms with Gasteiger partial charge in [0, 0.05) is 70.5 Å². The van der Waals surface area contributed by atoms with Gasteiger partial charge in [-0.15, -0.1) is 24.0 Å². The first kappa shape index (κ1) is 25.6. The summed E-state index contributed by atoms with van der Waals surface area (Å²) in [5, 5.41) is 6.80. The van der Waals surface area contributed by atoms with Crippen molar-refractivity contribution in [3.63, 3.8) is 0 Å². The maximum absolute atomic E-state index is 13.1. The maximum atomic E-state index is 13.1. The number of aliphatic imine (C=N–C) groups is 1. The van der Waals surface area contributed by atoms with Crippen LogP contribution in [0, 0.1) is 5.82 Å². The van der Waals surface area contributed by atoms with Gasteiger partial charge in [-0.2, -0.15) is 0 Å². The highest BCUT2D eigenvalue weighted by atomic mass is 127. The van der Waals surface area contributed by atoms with Crippen molar-refractivity contribution in [3.05, 3.63) is 30.1 Å². The molecule has 174 valence electrons. The lowest BCUT2D eigenvalue weighted by Crippen LogP contribution is -2.48. The molecule has 1 aromatic carbocycles. The second-order valence-electron chi connectivity index (χ2n) is 7.89. The van der Waals surface area contributed by atoms with Gasteiger partial charge in [0.2, 0.25) is 5.91 Å². The lowest BCUT2D eigenvalue weighted by molar-refractivity contribution is -0.129. The quantitative estimate of drug-likeness (QED) is 0.312. The van der Waals surface area contributed by atoms with Crippen LogP contribution in [0.2, 0.25) is 0 Å². The lowest BCUT2D eigenvalue weighted by atomic mass is 10.2. The van der Waals surface area contributed by atoms with Gasteiger partial charge in [0.1, 0.15) is 5.82 Å². The fraction of sp³-hybridized carbons (Fsp3) is 0.636. The van der Waals surface area contributed by atoms with Crippen molar-refractivity contribution in [1.82, 2.24) is 20.4 Å². The number of piperazine rings is 1. The average molecular weight is 546 g/mol. The summed E-state index contributed by atoms with van der Waals surface area (Å²) in [5.41, 5.74) is 1.08. The number of hydrogen-bond donors (Lipinski definition) is 2. The second kappa shape index (κ2) is 13.0. The molecule has 1 aromatic rings. The van der Waals surface area contributed by atoms with Crippen molar-refractivity contribution in [1.29, 1.82) is 0 Å². The molecule has 0 radical (unpaired) electrons. The summed E-state index contributed by atoms with van der Waals surface area (Å²) in [6, 6.07) is 7.00. The van der Waals surface area contributed by atoms with E-state index in [9.17, 15) is 9.18 Å². The maximum Gasteiger partial charge on any atom is 0.222 e. The molecule has 2 saturated heterocycles. The number of hydrogen-bond acceptors (Lipinski definition) is 4. The van der Waals surface area contributed by atoms with Gasteiger partial charge in [-0.3, -0.25) is 14.7 Å². The molecule has 2 aliphatic rings. The fourth-order valence-corrected chi connectivity index (χ4v) is 4.03. The van der Waals surface area contributed by atoms with E-state index in [0.717, 1.165) is 77.0 Å². The lowest BCUT2D eigenvalue weighted by Gasteiger charge is -2.35. The second-order valence-corrected chi connectivity index (χ2v) is 7.89. The molecule has 0 saturated carbocycles. The first-order valence-corrected chi connectivity index (χ1v) is 11.1. The third kappa shape index (κ3) is 7.78. The molecule has 9 heteroatoms. The smallest absolute Gasteiger partial charge is 0.222 e. The van der Waals surface area contributed by atoms with Gasteiger partial charge >= 0.3 is 0 Å². The van der Waals surface area contributed by atoms with Crippen LogP contribution in [0.3, 0.4) is 0 Å². The van der Waals surface area contributed by atoms with Crippen molar-refractivity contribution in [3.8, 4) is 0 Å². The summed E-state index contributed by atoms with van der Waals surface area (Å²) < 4.78 is 13.1. The van der Waals surface area contributed by atoms with Crippen LogP contribution in [0.4, 0.5) is 10.1 Å². The van der Waals surface area contributed by atoms with E-state index < -0.39 is 0 Å². The zero-order chi connectivity index (χ0) is 21.3. The van der Waals surface area contributed by atoms with Gasteiger partial charge in [0.25, 0.3) is 0 Å². The average Bonchev–Trinajstić information content (AvgIpc) is 3.23. The SMILES string of the molecule is CCNC(=NCCN1CCN(c2ccc(F)cc2)CC1)NC1CCN(C(=O)CC)C1.I. The zero-order valence-corrected chi connectivity index (χ0v) is 21.0. The van der Waals surface area contributed by atoms with Crippen LogP contribution in [0.1, 0.15) is 26.7 Å². The van der Waals surface area contributed by atoms with Gasteiger partial charge in [0.05, 0.1) is 6.54 Å². The molecule has 2 aliphatic heterocycles. The van der Waals surface area contributed by atoms with Crippen molar-refractivity contribution in [2.75, 3.05) is 63.8 Å². The molecule has 31 heavy (non-hydrogen) atoms. The van der Waals surface area contributed by atoms with Gasteiger partial charge in [-0.1, -0.05) is 6.92 Å². The van der Waals surface area contributed by atoms with Crippen LogP contribution in [-0.2, 0) is 4.79 Å². The molecular formula is C22H36FIN6O. The van der Waals surface area contributed by atoms with E-state index in [4.69, 9.17) is 4.99 Å². The van der Waals surface area contributed by atoms with Gasteiger partial charge in [0.15, 0.2) is 5.96 Å². The number of anilines is 1. The number of amides is 1. The molecule has 1 amide bonds. The van der Waals surface area contributed by atoms with Gasteiger partial charge in [-0.05, 0) is 37.6 Å². The minimum Gasteiger partial charge on any atom is -0.369 e. The van der Waals surface area contributed by atoms with E-state index in [-0.39, 0.29) is 41.7 Å². The first-order chi connectivity index (χ1) is 14.6. The largest absolute Gasteiger partial charge is 0.369 e. The molecule has 0 bridgehead atoms. The highest BCUT2D eigenvalue weighted by Crippen LogP contribution is 2.16. The summed E-state index contributed by atoms with van der Waals surface area (Å²) in [6.45, 7) is 11.9. The third-order valence-corrected chi connectivity index (χ3v) is 5.78. The highest BCUT2D eigenvalue weighted by molar-refractivity contribution is 14.0. The Balaban J connectivity index is 0.00000341. The molecule has 1 atom stereocenters. The van der Waals surface area contributed by atoms with Crippen LogP contribution in [-0.4, -0.2) is 86.6 Å². The summed E-state index contributed by atoms with van der Waals surface area (Å²) in [6.07, 6.45) is 1.52. The van der Waals surface area contributed by atoms with E-state index >= 15 is 0 Å². The Morgan fingerprint density at radius 3 is 2.48 bits per heavy atom. The molecule has 2 N–H and O–H groups in total. The molecule has 7 nitrogen and oxygen atoms in total. The van der Waals surface area contributed by atoms with Crippen LogP contribution in [0.25, 0.3) is 0 Å². The predicted octanol–water partition coefficient (Wildman–Crippen LogP) is 2.13. The highest BCUT2D eigenvalue weighted by Gasteiger charge is 2.25. The van der Waals surface area contributed by atoms with Crippen molar-refractivity contribution in [2.24, 2.45) is 4.99 Å². The predicted molar refractivity (Wildman–Crippen MR) is 135 cm³/mol. The number of guanidine groups is 1. The van der Waals surface area contributed by atoms with Crippen molar-refractivity contribution < 1.29 is 9.18 Å². The van der Waals surface area contributed by atoms with Crippen LogP contribution >= 0.6 is 24.0 Å². The molecule has 0 spiro atoms. The van der Waals surface area contributed by atoms with Crippen LogP contribution < -0.4 is 15.5 Å². The normalized spacial score (nSPS) is 19.8. The number of rotatable bonds is 7. The first-order valence-electron chi connectivity index (χ1n) is 11.1. The Morgan fingerprint density at radius 2 is 1.84 bits per heavy atom. The zero-order valence-electron chi connectivity index (χ0n) is 18.6. The molecule has 0 aromatic heterocycles. The van der Waals surface area contributed by atoms with E-state index in [1.54, 1.807) is 0 Å². The number of likely N-dealkylation sites (tertiary alicyclic amines) is 1. The summed E-state index contributed by atoms with van der Waals surface area (Å²) >= 11 is 0. The summed E-state index contributed by atoms with van der Waals surface area (Å²) in [4.78, 5) is 23.3. The molecule has 3 rings (SSSR count). The van der Waals surface area contributed by atoms with Crippen LogP contribution in [0.5, 0.6) is 0 Å². The van der Waals surface area contributed by atoms with Gasteiger partial charge < -0.3 is 20.4 Å². The van der Waals surface area contributed by atoms with E-state index in [1.165, 1.54) is 12.1 Å². The number of benzene rings is 1. The minimum absolute atomic E-state index is 0. The Labute approximate surface area is 202 Å². The fourth-order valence-electron chi connectivity index (χ4n) is 4.03. The molecule has 2 fully saturated rings. The standard InChI is InChI=1S/C22H35FN6O.HI/c1-3-21(30)29-11-9-19(17-29)26-22(24-4-2)25-10-12-27-13-15-28(16-14-27)20-7-5-18(23)6-8-20;/h5-8,19H,3-4,9-17H2,1-2H3,(H2,24,25,26);1H. The van der Waals surface area contributed by atoms with Crippen molar-refractivity contribution in [2.45, 2.75) is 32.7 Å². The summed E-state index contributed by atoms with van der Waals surface area (Å²) in [5.74, 6) is 0.863. The third-order valence-electron chi connectivity index (χ3n) is 5.78. The topological polar surface area (TPSA) is 63.2 Å². The van der Waals surface area contributed by atoms with Crippen molar-refractivity contribution >= 4 is 41.5 Å². The van der Waals surface area contributed by atoms with E-state index in [2.05, 4.69) is 27.4 Å². The molecular weight excluding hydrogens is 510 g/mol. The molecule has 0 aliphatic carbocycles. The minimum atomic E-state index is -0.192. The summed E-state index contributed by atoms with van der Waals surface area (Å²) in [7, 11) is 0. The Hall–Kier alpha value is -1.62. The van der Waals surface area contributed by atoms with Crippen LogP contribution in [0.15, 0.2) is 29.3 Å². The molecule has 1 unspecified atom stereocenters. The Bertz CT molecular complexity index is 708. The Morgan fingerprint density at radius 1 is 1.13 bits per heavy atom. The number of nitrogens with zero attached hydrogens (tertiary/aromatic N) is 4.